The van der Waals surface area contributed by atoms with Gasteiger partial charge in [-0.2, -0.15) is 0 Å². The number of fused-ring (bicyclic) bond motifs is 1. The van der Waals surface area contributed by atoms with E-state index < -0.39 is 0 Å². The minimum atomic E-state index is 0.609. The fourth-order valence-electron chi connectivity index (χ4n) is 2.35. The van der Waals surface area contributed by atoms with E-state index in [2.05, 4.69) is 37.3 Å². The monoisotopic (exact) mass is 272 g/mol. The summed E-state index contributed by atoms with van der Waals surface area (Å²) in [6, 6.07) is 7.78. The summed E-state index contributed by atoms with van der Waals surface area (Å²) in [6.07, 6.45) is 0. The Hall–Kier alpha value is -1.79. The van der Waals surface area contributed by atoms with E-state index in [1.807, 2.05) is 24.3 Å². The van der Waals surface area contributed by atoms with Gasteiger partial charge < -0.3 is 10.2 Å². The molecule has 0 unspecified atom stereocenters. The molecule has 20 heavy (non-hydrogen) atoms. The number of anilines is 1. The van der Waals surface area contributed by atoms with E-state index in [4.69, 9.17) is 0 Å². The molecule has 2 aromatic rings. The van der Waals surface area contributed by atoms with Crippen LogP contribution >= 0.6 is 0 Å². The molecule has 0 radical (unpaired) electrons. The van der Waals surface area contributed by atoms with Crippen molar-refractivity contribution in [2.45, 2.75) is 0 Å². The Morgan fingerprint density at radius 1 is 1.05 bits per heavy atom. The number of piperazine rings is 1. The number of likely N-dealkylation sites (N-methyl/N-ethyl adjacent to an activating group) is 1. The average Bonchev–Trinajstić information content (AvgIpc) is 2.49. The van der Waals surface area contributed by atoms with Gasteiger partial charge in [0.2, 0.25) is 5.95 Å². The summed E-state index contributed by atoms with van der Waals surface area (Å²) in [5, 5.41) is 11.5. The van der Waals surface area contributed by atoms with Crippen molar-refractivity contribution in [1.29, 1.82) is 0 Å². The average molecular weight is 272 g/mol. The van der Waals surface area contributed by atoms with Crippen molar-refractivity contribution in [2.24, 2.45) is 0 Å². The summed E-state index contributed by atoms with van der Waals surface area (Å²) in [4.78, 5) is 9.28. The number of nitrogens with one attached hydrogen (secondary N) is 1. The van der Waals surface area contributed by atoms with Gasteiger partial charge in [-0.15, -0.1) is 10.2 Å². The zero-order valence-electron chi connectivity index (χ0n) is 11.8. The minimum absolute atomic E-state index is 0.609. The molecule has 1 aromatic heterocycles. The molecule has 0 aliphatic carbocycles. The summed E-state index contributed by atoms with van der Waals surface area (Å²) in [7, 11) is 2.17. The second-order valence-electron chi connectivity index (χ2n) is 5.20. The first-order valence-electron chi connectivity index (χ1n) is 7.05. The normalized spacial score (nSPS) is 17.4. The molecule has 0 atom stereocenters. The second kappa shape index (κ2) is 6.11. The maximum absolute atomic E-state index is 4.46. The highest BCUT2D eigenvalue weighted by Crippen LogP contribution is 2.08. The van der Waals surface area contributed by atoms with Gasteiger partial charge in [0.25, 0.3) is 0 Å². The number of nitrogens with zero attached hydrogens (tertiary/aromatic N) is 5. The van der Waals surface area contributed by atoms with E-state index in [0.717, 1.165) is 50.3 Å². The van der Waals surface area contributed by atoms with E-state index in [1.165, 1.54) is 0 Å². The van der Waals surface area contributed by atoms with Crippen molar-refractivity contribution in [3.05, 3.63) is 24.3 Å². The van der Waals surface area contributed by atoms with Crippen LogP contribution < -0.4 is 5.32 Å². The van der Waals surface area contributed by atoms with Crippen LogP contribution in [0.4, 0.5) is 5.95 Å². The highest BCUT2D eigenvalue weighted by atomic mass is 15.3. The summed E-state index contributed by atoms with van der Waals surface area (Å²) >= 11 is 0. The summed E-state index contributed by atoms with van der Waals surface area (Å²) in [5.41, 5.74) is 1.71. The SMILES string of the molecule is CN1CCN(CCNc2nnc3ccccc3n2)CC1. The first kappa shape index (κ1) is 13.2. The Morgan fingerprint density at radius 2 is 1.80 bits per heavy atom. The molecule has 0 amide bonds. The van der Waals surface area contributed by atoms with Crippen LogP contribution in [-0.2, 0) is 0 Å². The van der Waals surface area contributed by atoms with Gasteiger partial charge in [0.15, 0.2) is 0 Å². The van der Waals surface area contributed by atoms with Gasteiger partial charge in [0, 0.05) is 39.3 Å². The lowest BCUT2D eigenvalue weighted by atomic mass is 10.3. The third-order valence-corrected chi connectivity index (χ3v) is 3.67. The van der Waals surface area contributed by atoms with Crippen LogP contribution in [0.2, 0.25) is 0 Å². The van der Waals surface area contributed by atoms with E-state index in [-0.39, 0.29) is 0 Å². The van der Waals surface area contributed by atoms with Crippen molar-refractivity contribution in [2.75, 3.05) is 51.6 Å². The number of rotatable bonds is 4. The predicted octanol–water partition coefficient (Wildman–Crippen LogP) is 0.684. The molecule has 6 nitrogen and oxygen atoms in total. The molecule has 0 bridgehead atoms. The molecule has 1 aromatic carbocycles. The lowest BCUT2D eigenvalue weighted by Gasteiger charge is -2.32. The molecule has 0 spiro atoms. The Kier molecular flexibility index (Phi) is 4.03. The van der Waals surface area contributed by atoms with E-state index in [1.54, 1.807) is 0 Å². The lowest BCUT2D eigenvalue weighted by molar-refractivity contribution is 0.158. The van der Waals surface area contributed by atoms with Crippen molar-refractivity contribution in [1.82, 2.24) is 25.0 Å². The van der Waals surface area contributed by atoms with Crippen LogP contribution in [-0.4, -0.2) is 71.3 Å². The van der Waals surface area contributed by atoms with Crippen LogP contribution in [0.25, 0.3) is 11.0 Å². The molecule has 1 saturated heterocycles. The molecule has 1 fully saturated rings. The smallest absolute Gasteiger partial charge is 0.243 e. The van der Waals surface area contributed by atoms with Crippen LogP contribution in [0.3, 0.4) is 0 Å². The van der Waals surface area contributed by atoms with Crippen LogP contribution in [0.15, 0.2) is 24.3 Å². The van der Waals surface area contributed by atoms with Gasteiger partial charge in [-0.25, -0.2) is 4.98 Å². The molecular formula is C14H20N6. The predicted molar refractivity (Wildman–Crippen MR) is 79.8 cm³/mol. The van der Waals surface area contributed by atoms with Crippen molar-refractivity contribution in [3.63, 3.8) is 0 Å². The topological polar surface area (TPSA) is 57.2 Å². The van der Waals surface area contributed by atoms with E-state index in [9.17, 15) is 0 Å². The number of para-hydroxylation sites is 1. The molecule has 1 N–H and O–H groups in total. The molecular weight excluding hydrogens is 252 g/mol. The van der Waals surface area contributed by atoms with Crippen molar-refractivity contribution in [3.8, 4) is 0 Å². The molecule has 0 saturated carbocycles. The van der Waals surface area contributed by atoms with Crippen LogP contribution in [0.5, 0.6) is 0 Å². The zero-order chi connectivity index (χ0) is 13.8. The molecule has 3 rings (SSSR count). The van der Waals surface area contributed by atoms with Crippen molar-refractivity contribution < 1.29 is 0 Å². The first-order valence-corrected chi connectivity index (χ1v) is 7.05. The summed E-state index contributed by atoms with van der Waals surface area (Å²) in [5.74, 6) is 0.609. The minimum Gasteiger partial charge on any atom is -0.352 e. The highest BCUT2D eigenvalue weighted by Gasteiger charge is 2.12. The van der Waals surface area contributed by atoms with Gasteiger partial charge >= 0.3 is 0 Å². The summed E-state index contributed by atoms with van der Waals surface area (Å²) in [6.45, 7) is 6.43. The molecule has 1 aliphatic heterocycles. The number of hydrogen-bond acceptors (Lipinski definition) is 6. The second-order valence-corrected chi connectivity index (χ2v) is 5.20. The quantitative estimate of drug-likeness (QED) is 0.883. The fraction of sp³-hybridized carbons (Fsp3) is 0.500. The van der Waals surface area contributed by atoms with E-state index >= 15 is 0 Å². The van der Waals surface area contributed by atoms with Crippen LogP contribution in [0, 0.1) is 0 Å². The fourth-order valence-corrected chi connectivity index (χ4v) is 2.35. The van der Waals surface area contributed by atoms with Crippen LogP contribution in [0.1, 0.15) is 0 Å². The third kappa shape index (κ3) is 3.20. The van der Waals surface area contributed by atoms with Gasteiger partial charge in [0.1, 0.15) is 5.52 Å². The first-order chi connectivity index (χ1) is 9.81. The Labute approximate surface area is 118 Å². The number of hydrogen-bond donors (Lipinski definition) is 1. The van der Waals surface area contributed by atoms with Crippen molar-refractivity contribution >= 4 is 17.0 Å². The van der Waals surface area contributed by atoms with Gasteiger partial charge in [0.05, 0.1) is 5.52 Å². The maximum Gasteiger partial charge on any atom is 0.243 e. The number of aromatic nitrogens is 3. The third-order valence-electron chi connectivity index (χ3n) is 3.67. The van der Waals surface area contributed by atoms with Gasteiger partial charge in [-0.05, 0) is 19.2 Å². The molecule has 2 heterocycles. The standard InChI is InChI=1S/C14H20N6/c1-19-8-10-20(11-9-19)7-6-15-14-16-12-4-2-3-5-13(12)17-18-14/h2-5H,6-11H2,1H3,(H,15,16,18). The van der Waals surface area contributed by atoms with E-state index in [0.29, 0.717) is 5.95 Å². The lowest BCUT2D eigenvalue weighted by Crippen LogP contribution is -2.45. The molecule has 106 valence electrons. The zero-order valence-corrected chi connectivity index (χ0v) is 11.8. The highest BCUT2D eigenvalue weighted by molar-refractivity contribution is 5.73. The summed E-state index contributed by atoms with van der Waals surface area (Å²) < 4.78 is 0. The van der Waals surface area contributed by atoms with Gasteiger partial charge in [-0.3, -0.25) is 4.90 Å². The molecule has 6 heteroatoms. The maximum atomic E-state index is 4.46. The Bertz CT molecular complexity index is 564. The molecule has 1 aliphatic rings. The largest absolute Gasteiger partial charge is 0.352 e. The van der Waals surface area contributed by atoms with Gasteiger partial charge in [-0.1, -0.05) is 12.1 Å². The Balaban J connectivity index is 1.52. The number of benzene rings is 1. The Morgan fingerprint density at radius 3 is 2.60 bits per heavy atom.